The lowest BCUT2D eigenvalue weighted by molar-refractivity contribution is 0.877. The van der Waals surface area contributed by atoms with Crippen molar-refractivity contribution in [2.24, 2.45) is 0 Å². The Morgan fingerprint density at radius 3 is 2.84 bits per heavy atom. The molecule has 0 amide bonds. The van der Waals surface area contributed by atoms with E-state index < -0.39 is 0 Å². The lowest BCUT2D eigenvalue weighted by atomic mass is 10.2. The molecule has 0 radical (unpaired) electrons. The van der Waals surface area contributed by atoms with Crippen LogP contribution < -0.4 is 11.1 Å². The third kappa shape index (κ3) is 3.85. The Bertz CT molecular complexity index is 539. The molecule has 19 heavy (non-hydrogen) atoms. The zero-order valence-corrected chi connectivity index (χ0v) is 12.0. The fourth-order valence-electron chi connectivity index (χ4n) is 1.76. The second-order valence-electron chi connectivity index (χ2n) is 4.25. The summed E-state index contributed by atoms with van der Waals surface area (Å²) in [7, 11) is 0. The van der Waals surface area contributed by atoms with E-state index in [1.54, 1.807) is 0 Å². The molecule has 2 heterocycles. The van der Waals surface area contributed by atoms with Crippen LogP contribution >= 0.6 is 11.3 Å². The number of hydrogen-bond acceptors (Lipinski definition) is 7. The van der Waals surface area contributed by atoms with Crippen LogP contribution in [0, 0.1) is 6.92 Å². The van der Waals surface area contributed by atoms with Gasteiger partial charge in [-0.3, -0.25) is 0 Å². The summed E-state index contributed by atoms with van der Waals surface area (Å²) in [5.74, 6) is 1.70. The van der Waals surface area contributed by atoms with Crippen molar-refractivity contribution in [3.8, 4) is 0 Å². The largest absolute Gasteiger partial charge is 0.374 e. The van der Waals surface area contributed by atoms with Crippen molar-refractivity contribution in [1.29, 1.82) is 0 Å². The quantitative estimate of drug-likeness (QED) is 0.838. The molecule has 0 bridgehead atoms. The number of nitrogens with zero attached hydrogens (tertiary/aromatic N) is 4. The minimum absolute atomic E-state index is 0.513. The first-order valence-corrected chi connectivity index (χ1v) is 7.15. The smallest absolute Gasteiger partial charge is 0.203 e. The molecule has 0 unspecified atom stereocenters. The van der Waals surface area contributed by atoms with Crippen molar-refractivity contribution in [3.05, 3.63) is 22.6 Å². The predicted octanol–water partition coefficient (Wildman–Crippen LogP) is 1.83. The zero-order chi connectivity index (χ0) is 13.7. The van der Waals surface area contributed by atoms with Crippen molar-refractivity contribution >= 4 is 22.3 Å². The number of nitrogens with two attached hydrogens (primary N) is 1. The molecule has 7 heteroatoms. The number of hydrogen-bond donors (Lipinski definition) is 2. The molecular weight excluding hydrogens is 260 g/mol. The molecule has 0 spiro atoms. The monoisotopic (exact) mass is 278 g/mol. The van der Waals surface area contributed by atoms with Gasteiger partial charge in [-0.15, -0.1) is 10.2 Å². The topological polar surface area (TPSA) is 89.6 Å². The first-order chi connectivity index (χ1) is 9.19. The molecule has 0 saturated carbocycles. The third-order valence-electron chi connectivity index (χ3n) is 2.62. The maximum Gasteiger partial charge on any atom is 0.203 e. The van der Waals surface area contributed by atoms with E-state index in [1.807, 2.05) is 13.1 Å². The minimum atomic E-state index is 0.513. The van der Waals surface area contributed by atoms with Gasteiger partial charge in [0.15, 0.2) is 0 Å². The van der Waals surface area contributed by atoms with Crippen LogP contribution in [0.4, 0.5) is 10.9 Å². The minimum Gasteiger partial charge on any atom is -0.374 e. The molecule has 0 fully saturated rings. The number of aryl methyl sites for hydroxylation is 2. The second kappa shape index (κ2) is 6.42. The number of aromatic nitrogens is 4. The molecule has 2 aromatic heterocycles. The lowest BCUT2D eigenvalue weighted by Crippen LogP contribution is -2.10. The fraction of sp³-hybridized carbons (Fsp3) is 0.500. The summed E-state index contributed by atoms with van der Waals surface area (Å²) in [5.41, 5.74) is 6.71. The van der Waals surface area contributed by atoms with Crippen molar-refractivity contribution in [2.75, 3.05) is 17.6 Å². The van der Waals surface area contributed by atoms with E-state index in [-0.39, 0.29) is 0 Å². The van der Waals surface area contributed by atoms with Gasteiger partial charge >= 0.3 is 0 Å². The van der Waals surface area contributed by atoms with Crippen molar-refractivity contribution in [3.63, 3.8) is 0 Å². The van der Waals surface area contributed by atoms with Gasteiger partial charge in [0.25, 0.3) is 0 Å². The highest BCUT2D eigenvalue weighted by Crippen LogP contribution is 2.15. The van der Waals surface area contributed by atoms with E-state index in [4.69, 9.17) is 5.73 Å². The molecule has 2 aromatic rings. The van der Waals surface area contributed by atoms with Crippen LogP contribution in [0.3, 0.4) is 0 Å². The summed E-state index contributed by atoms with van der Waals surface area (Å²) < 4.78 is 0. The zero-order valence-electron chi connectivity index (χ0n) is 11.2. The maximum absolute atomic E-state index is 5.55. The highest BCUT2D eigenvalue weighted by Gasteiger charge is 2.06. The van der Waals surface area contributed by atoms with Crippen molar-refractivity contribution in [2.45, 2.75) is 33.1 Å². The van der Waals surface area contributed by atoms with Gasteiger partial charge in [-0.05, 0) is 13.3 Å². The Morgan fingerprint density at radius 2 is 2.16 bits per heavy atom. The highest BCUT2D eigenvalue weighted by molar-refractivity contribution is 7.15. The SMILES string of the molecule is CCCc1cnc(C)nc1NCCc1nnc(N)s1. The summed E-state index contributed by atoms with van der Waals surface area (Å²) >= 11 is 1.42. The van der Waals surface area contributed by atoms with E-state index in [0.29, 0.717) is 5.13 Å². The summed E-state index contributed by atoms with van der Waals surface area (Å²) in [5, 5.41) is 12.6. The molecule has 0 saturated heterocycles. The van der Waals surface area contributed by atoms with Gasteiger partial charge < -0.3 is 11.1 Å². The standard InChI is InChI=1S/C12H18N6S/c1-3-4-9-7-15-8(2)16-11(9)14-6-5-10-17-18-12(13)19-10/h7H,3-6H2,1-2H3,(H2,13,18)(H,14,15,16). The number of anilines is 2. The van der Waals surface area contributed by atoms with E-state index in [0.717, 1.165) is 48.0 Å². The molecule has 3 N–H and O–H groups in total. The first kappa shape index (κ1) is 13.7. The Morgan fingerprint density at radius 1 is 1.32 bits per heavy atom. The van der Waals surface area contributed by atoms with Crippen LogP contribution in [0.1, 0.15) is 29.7 Å². The number of rotatable bonds is 6. The highest BCUT2D eigenvalue weighted by atomic mass is 32.1. The van der Waals surface area contributed by atoms with Crippen LogP contribution in [-0.4, -0.2) is 26.7 Å². The van der Waals surface area contributed by atoms with Crippen molar-refractivity contribution in [1.82, 2.24) is 20.2 Å². The molecule has 0 aromatic carbocycles. The van der Waals surface area contributed by atoms with Gasteiger partial charge in [0.1, 0.15) is 16.6 Å². The normalized spacial score (nSPS) is 10.6. The van der Waals surface area contributed by atoms with Gasteiger partial charge in [-0.1, -0.05) is 24.7 Å². The van der Waals surface area contributed by atoms with Gasteiger partial charge in [0.05, 0.1) is 0 Å². The molecule has 0 aliphatic carbocycles. The molecule has 0 aliphatic rings. The molecule has 6 nitrogen and oxygen atoms in total. The van der Waals surface area contributed by atoms with Crippen LogP contribution in [0.15, 0.2) is 6.20 Å². The summed E-state index contributed by atoms with van der Waals surface area (Å²) in [4.78, 5) is 8.69. The van der Waals surface area contributed by atoms with Crippen LogP contribution in [0.2, 0.25) is 0 Å². The van der Waals surface area contributed by atoms with E-state index in [1.165, 1.54) is 11.3 Å². The van der Waals surface area contributed by atoms with E-state index >= 15 is 0 Å². The fourth-order valence-corrected chi connectivity index (χ4v) is 2.36. The Hall–Kier alpha value is -1.76. The second-order valence-corrected chi connectivity index (χ2v) is 5.35. The molecule has 102 valence electrons. The average molecular weight is 278 g/mol. The molecule has 2 rings (SSSR count). The number of nitrogens with one attached hydrogen (secondary N) is 1. The predicted molar refractivity (Wildman–Crippen MR) is 77.3 cm³/mol. The van der Waals surface area contributed by atoms with Gasteiger partial charge in [-0.25, -0.2) is 9.97 Å². The molecule has 0 atom stereocenters. The maximum atomic E-state index is 5.55. The summed E-state index contributed by atoms with van der Waals surface area (Å²) in [6.45, 7) is 4.81. The van der Waals surface area contributed by atoms with E-state index in [9.17, 15) is 0 Å². The number of nitrogen functional groups attached to an aromatic ring is 1. The van der Waals surface area contributed by atoms with Crippen LogP contribution in [-0.2, 0) is 12.8 Å². The van der Waals surface area contributed by atoms with Crippen LogP contribution in [0.5, 0.6) is 0 Å². The van der Waals surface area contributed by atoms with Gasteiger partial charge in [-0.2, -0.15) is 0 Å². The first-order valence-electron chi connectivity index (χ1n) is 6.33. The average Bonchev–Trinajstić information content (AvgIpc) is 2.79. The molecule has 0 aliphatic heterocycles. The van der Waals surface area contributed by atoms with Gasteiger partial charge in [0.2, 0.25) is 5.13 Å². The Kier molecular flexibility index (Phi) is 4.62. The van der Waals surface area contributed by atoms with Crippen LogP contribution in [0.25, 0.3) is 0 Å². The lowest BCUT2D eigenvalue weighted by Gasteiger charge is -2.10. The van der Waals surface area contributed by atoms with Gasteiger partial charge in [0, 0.05) is 24.7 Å². The summed E-state index contributed by atoms with van der Waals surface area (Å²) in [6, 6.07) is 0. The molecular formula is C12H18N6S. The Balaban J connectivity index is 1.96. The Labute approximate surface area is 116 Å². The van der Waals surface area contributed by atoms with E-state index in [2.05, 4.69) is 32.4 Å². The summed E-state index contributed by atoms with van der Waals surface area (Å²) in [6.07, 6.45) is 4.75. The van der Waals surface area contributed by atoms with Crippen molar-refractivity contribution < 1.29 is 0 Å². The third-order valence-corrected chi connectivity index (χ3v) is 3.43.